The summed E-state index contributed by atoms with van der Waals surface area (Å²) in [6.07, 6.45) is 2.20. The van der Waals surface area contributed by atoms with E-state index in [1.54, 1.807) is 12.1 Å². The van der Waals surface area contributed by atoms with Crippen LogP contribution >= 0.6 is 11.8 Å². The molecule has 0 spiro atoms. The second-order valence-corrected chi connectivity index (χ2v) is 6.58. The van der Waals surface area contributed by atoms with Gasteiger partial charge in [-0.05, 0) is 55.1 Å². The van der Waals surface area contributed by atoms with E-state index in [1.807, 2.05) is 18.7 Å². The molecule has 0 fully saturated rings. The number of halogens is 1. The zero-order valence-electron chi connectivity index (χ0n) is 11.4. The maximum Gasteiger partial charge on any atom is 0.123 e. The predicted octanol–water partition coefficient (Wildman–Crippen LogP) is 4.20. The molecule has 2 unspecified atom stereocenters. The molecule has 0 aromatic heterocycles. The van der Waals surface area contributed by atoms with E-state index in [0.29, 0.717) is 11.3 Å². The Morgan fingerprint density at radius 1 is 1.44 bits per heavy atom. The van der Waals surface area contributed by atoms with Gasteiger partial charge in [0.05, 0.1) is 0 Å². The lowest BCUT2D eigenvalue weighted by atomic mass is 9.94. The van der Waals surface area contributed by atoms with Gasteiger partial charge in [-0.15, -0.1) is 0 Å². The molecule has 0 bridgehead atoms. The SMILES string of the molecule is CCCNC1CC(C)SCc2c(C)cc(F)cc21. The van der Waals surface area contributed by atoms with Gasteiger partial charge < -0.3 is 5.32 Å². The van der Waals surface area contributed by atoms with Gasteiger partial charge in [0.25, 0.3) is 0 Å². The summed E-state index contributed by atoms with van der Waals surface area (Å²) in [7, 11) is 0. The van der Waals surface area contributed by atoms with Crippen LogP contribution in [0.4, 0.5) is 4.39 Å². The van der Waals surface area contributed by atoms with Gasteiger partial charge in [0.2, 0.25) is 0 Å². The lowest BCUT2D eigenvalue weighted by Crippen LogP contribution is -2.24. The molecule has 0 aliphatic carbocycles. The molecular weight excluding hydrogens is 245 g/mol. The Hall–Kier alpha value is -0.540. The number of nitrogens with one attached hydrogen (secondary N) is 1. The van der Waals surface area contributed by atoms with E-state index in [0.717, 1.165) is 30.7 Å². The Morgan fingerprint density at radius 2 is 2.22 bits per heavy atom. The smallest absolute Gasteiger partial charge is 0.123 e. The number of fused-ring (bicyclic) bond motifs is 1. The summed E-state index contributed by atoms with van der Waals surface area (Å²) in [5.41, 5.74) is 3.60. The van der Waals surface area contributed by atoms with Crippen molar-refractivity contribution in [3.63, 3.8) is 0 Å². The minimum absolute atomic E-state index is 0.103. The first-order valence-electron chi connectivity index (χ1n) is 6.75. The predicted molar refractivity (Wildman–Crippen MR) is 77.5 cm³/mol. The molecule has 1 aromatic rings. The fourth-order valence-corrected chi connectivity index (χ4v) is 3.75. The van der Waals surface area contributed by atoms with Crippen LogP contribution in [0.1, 0.15) is 49.4 Å². The lowest BCUT2D eigenvalue weighted by molar-refractivity contribution is 0.495. The molecule has 0 saturated carbocycles. The normalized spacial score (nSPS) is 23.6. The van der Waals surface area contributed by atoms with E-state index in [1.165, 1.54) is 11.1 Å². The Labute approximate surface area is 114 Å². The van der Waals surface area contributed by atoms with E-state index in [4.69, 9.17) is 0 Å². The summed E-state index contributed by atoms with van der Waals surface area (Å²) in [5.74, 6) is 0.904. The van der Waals surface area contributed by atoms with Crippen LogP contribution in [0.15, 0.2) is 12.1 Å². The van der Waals surface area contributed by atoms with Crippen molar-refractivity contribution in [3.05, 3.63) is 34.6 Å². The standard InChI is InChI=1S/C15H22FNS/c1-4-5-17-15-7-11(3)18-9-14-10(2)6-12(16)8-13(14)15/h6,8,11,15,17H,4-5,7,9H2,1-3H3. The Kier molecular flexibility index (Phi) is 4.68. The first-order chi connectivity index (χ1) is 8.61. The summed E-state index contributed by atoms with van der Waals surface area (Å²) in [6, 6.07) is 3.69. The molecule has 3 heteroatoms. The van der Waals surface area contributed by atoms with Crippen molar-refractivity contribution < 1.29 is 4.39 Å². The van der Waals surface area contributed by atoms with Crippen LogP contribution < -0.4 is 5.32 Å². The fraction of sp³-hybridized carbons (Fsp3) is 0.600. The van der Waals surface area contributed by atoms with Crippen molar-refractivity contribution >= 4 is 11.8 Å². The van der Waals surface area contributed by atoms with Gasteiger partial charge in [0, 0.05) is 17.0 Å². The highest BCUT2D eigenvalue weighted by Gasteiger charge is 2.24. The van der Waals surface area contributed by atoms with Crippen LogP contribution in [0, 0.1) is 12.7 Å². The summed E-state index contributed by atoms with van der Waals surface area (Å²) < 4.78 is 13.6. The van der Waals surface area contributed by atoms with E-state index in [2.05, 4.69) is 19.2 Å². The van der Waals surface area contributed by atoms with Gasteiger partial charge in [-0.2, -0.15) is 11.8 Å². The van der Waals surface area contributed by atoms with Crippen LogP contribution in [0.25, 0.3) is 0 Å². The van der Waals surface area contributed by atoms with Crippen molar-refractivity contribution in [2.45, 2.75) is 50.7 Å². The Morgan fingerprint density at radius 3 is 2.94 bits per heavy atom. The molecule has 1 heterocycles. The third-order valence-electron chi connectivity index (χ3n) is 3.57. The maximum atomic E-state index is 13.6. The number of thioether (sulfide) groups is 1. The molecule has 2 rings (SSSR count). The molecule has 0 radical (unpaired) electrons. The summed E-state index contributed by atoms with van der Waals surface area (Å²) in [5, 5.41) is 4.19. The van der Waals surface area contributed by atoms with Gasteiger partial charge >= 0.3 is 0 Å². The summed E-state index contributed by atoms with van der Waals surface area (Å²) in [6.45, 7) is 7.45. The van der Waals surface area contributed by atoms with Gasteiger partial charge in [-0.25, -0.2) is 4.39 Å². The van der Waals surface area contributed by atoms with Crippen LogP contribution in [-0.2, 0) is 5.75 Å². The maximum absolute atomic E-state index is 13.6. The molecule has 1 aromatic carbocycles. The molecule has 1 aliphatic heterocycles. The second-order valence-electron chi connectivity index (χ2n) is 5.15. The minimum Gasteiger partial charge on any atom is -0.310 e. The van der Waals surface area contributed by atoms with Crippen LogP contribution in [0.5, 0.6) is 0 Å². The first-order valence-corrected chi connectivity index (χ1v) is 7.80. The van der Waals surface area contributed by atoms with Crippen molar-refractivity contribution in [2.75, 3.05) is 6.54 Å². The van der Waals surface area contributed by atoms with E-state index in [9.17, 15) is 4.39 Å². The van der Waals surface area contributed by atoms with Gasteiger partial charge in [0.15, 0.2) is 0 Å². The summed E-state index contributed by atoms with van der Waals surface area (Å²) in [4.78, 5) is 0. The van der Waals surface area contributed by atoms with Crippen LogP contribution in [0.3, 0.4) is 0 Å². The summed E-state index contributed by atoms with van der Waals surface area (Å²) >= 11 is 1.98. The van der Waals surface area contributed by atoms with Gasteiger partial charge in [-0.1, -0.05) is 13.8 Å². The zero-order chi connectivity index (χ0) is 13.1. The Bertz CT molecular complexity index is 419. The van der Waals surface area contributed by atoms with Crippen molar-refractivity contribution in [1.29, 1.82) is 0 Å². The highest BCUT2D eigenvalue weighted by Crippen LogP contribution is 2.36. The van der Waals surface area contributed by atoms with E-state index in [-0.39, 0.29) is 5.82 Å². The van der Waals surface area contributed by atoms with Crippen molar-refractivity contribution in [3.8, 4) is 0 Å². The van der Waals surface area contributed by atoms with Gasteiger partial charge in [-0.3, -0.25) is 0 Å². The highest BCUT2D eigenvalue weighted by atomic mass is 32.2. The molecule has 0 saturated heterocycles. The van der Waals surface area contributed by atoms with E-state index >= 15 is 0 Å². The second kappa shape index (κ2) is 6.07. The Balaban J connectivity index is 2.36. The van der Waals surface area contributed by atoms with Crippen molar-refractivity contribution in [2.24, 2.45) is 0 Å². The average Bonchev–Trinajstić information content (AvgIpc) is 2.47. The monoisotopic (exact) mass is 267 g/mol. The van der Waals surface area contributed by atoms with Crippen LogP contribution in [-0.4, -0.2) is 11.8 Å². The molecule has 0 amide bonds. The van der Waals surface area contributed by atoms with Crippen LogP contribution in [0.2, 0.25) is 0 Å². The molecule has 18 heavy (non-hydrogen) atoms. The number of hydrogen-bond donors (Lipinski definition) is 1. The molecule has 1 N–H and O–H groups in total. The topological polar surface area (TPSA) is 12.0 Å². The number of benzene rings is 1. The fourth-order valence-electron chi connectivity index (χ4n) is 2.57. The molecule has 100 valence electrons. The van der Waals surface area contributed by atoms with Gasteiger partial charge in [0.1, 0.15) is 5.82 Å². The highest BCUT2D eigenvalue weighted by molar-refractivity contribution is 7.99. The third-order valence-corrected chi connectivity index (χ3v) is 4.79. The minimum atomic E-state index is -0.103. The number of hydrogen-bond acceptors (Lipinski definition) is 2. The molecule has 1 aliphatic rings. The van der Waals surface area contributed by atoms with Crippen molar-refractivity contribution in [1.82, 2.24) is 5.32 Å². The third kappa shape index (κ3) is 3.07. The number of rotatable bonds is 3. The zero-order valence-corrected chi connectivity index (χ0v) is 12.2. The molecule has 2 atom stereocenters. The average molecular weight is 267 g/mol. The van der Waals surface area contributed by atoms with E-state index < -0.39 is 0 Å². The molecule has 1 nitrogen and oxygen atoms in total. The molecular formula is C15H22FNS. The largest absolute Gasteiger partial charge is 0.310 e. The number of aryl methyl sites for hydroxylation is 1. The first kappa shape index (κ1) is 13.9. The quantitative estimate of drug-likeness (QED) is 0.881. The lowest BCUT2D eigenvalue weighted by Gasteiger charge is -2.21.